The Kier molecular flexibility index (Phi) is 5.82. The van der Waals surface area contributed by atoms with E-state index in [2.05, 4.69) is 34.2 Å². The van der Waals surface area contributed by atoms with Crippen LogP contribution in [0.25, 0.3) is 0 Å². The number of amides is 1. The van der Waals surface area contributed by atoms with Crippen molar-refractivity contribution in [2.45, 2.75) is 18.9 Å². The second-order valence-electron chi connectivity index (χ2n) is 6.89. The highest BCUT2D eigenvalue weighted by atomic mass is 35.5. The van der Waals surface area contributed by atoms with Crippen molar-refractivity contribution in [3.8, 4) is 0 Å². The van der Waals surface area contributed by atoms with Crippen molar-refractivity contribution >= 4 is 34.7 Å². The fraction of sp³-hybridized carbons (Fsp3) is 0.368. The number of primary amides is 1. The lowest BCUT2D eigenvalue weighted by Crippen LogP contribution is -2.42. The van der Waals surface area contributed by atoms with Gasteiger partial charge in [0.05, 0.1) is 16.3 Å². The lowest BCUT2D eigenvalue weighted by molar-refractivity contribution is 0.1000. The highest BCUT2D eigenvalue weighted by Crippen LogP contribution is 2.29. The predicted molar refractivity (Wildman–Crippen MR) is 106 cm³/mol. The number of aromatic nitrogens is 1. The Balaban J connectivity index is 1.71. The molecule has 0 spiro atoms. The first-order valence-electron chi connectivity index (χ1n) is 8.78. The van der Waals surface area contributed by atoms with Crippen LogP contribution in [0.2, 0.25) is 5.02 Å². The number of carbonyl (C=O) groups excluding carboxylic acids is 1. The first-order valence-corrected chi connectivity index (χ1v) is 9.16. The molecule has 8 heteroatoms. The van der Waals surface area contributed by atoms with Gasteiger partial charge in [-0.3, -0.25) is 4.79 Å². The van der Waals surface area contributed by atoms with Gasteiger partial charge >= 0.3 is 0 Å². The Bertz CT molecular complexity index is 837. The van der Waals surface area contributed by atoms with E-state index < -0.39 is 5.91 Å². The molecule has 2 heterocycles. The minimum atomic E-state index is -0.607. The summed E-state index contributed by atoms with van der Waals surface area (Å²) in [5.41, 5.74) is 6.55. The topological polar surface area (TPSA) is 74.5 Å². The normalized spacial score (nSPS) is 15.2. The third-order valence-electron chi connectivity index (χ3n) is 4.87. The van der Waals surface area contributed by atoms with Gasteiger partial charge in [0.1, 0.15) is 11.6 Å². The number of benzene rings is 1. The van der Waals surface area contributed by atoms with E-state index >= 15 is 0 Å². The monoisotopic (exact) mass is 391 g/mol. The van der Waals surface area contributed by atoms with Crippen molar-refractivity contribution in [2.75, 3.05) is 37.4 Å². The third-order valence-corrected chi connectivity index (χ3v) is 5.16. The third kappa shape index (κ3) is 4.48. The maximum Gasteiger partial charge on any atom is 0.250 e. The molecular formula is C19H23ClFN5O. The van der Waals surface area contributed by atoms with Crippen LogP contribution in [0.5, 0.6) is 0 Å². The number of piperidine rings is 1. The van der Waals surface area contributed by atoms with E-state index in [9.17, 15) is 9.18 Å². The minimum absolute atomic E-state index is 0.216. The fourth-order valence-corrected chi connectivity index (χ4v) is 3.48. The quantitative estimate of drug-likeness (QED) is 0.818. The van der Waals surface area contributed by atoms with Crippen LogP contribution in [0.3, 0.4) is 0 Å². The number of pyridine rings is 1. The van der Waals surface area contributed by atoms with Crippen molar-refractivity contribution in [3.05, 3.63) is 46.9 Å². The molecule has 1 saturated heterocycles. The SMILES string of the molecule is CN(C)C1CCN(c2ccc(Nc3ncc(C(N)=O)cc3Cl)cc2F)CC1. The summed E-state index contributed by atoms with van der Waals surface area (Å²) < 4.78 is 14.7. The van der Waals surface area contributed by atoms with Crippen molar-refractivity contribution in [1.29, 1.82) is 0 Å². The molecule has 0 unspecified atom stereocenters. The Labute approximate surface area is 163 Å². The first-order chi connectivity index (χ1) is 12.8. The first kappa shape index (κ1) is 19.4. The average Bonchev–Trinajstić information content (AvgIpc) is 2.63. The van der Waals surface area contributed by atoms with Gasteiger partial charge in [0.2, 0.25) is 5.91 Å². The number of hydrogen-bond acceptors (Lipinski definition) is 5. The molecule has 1 aromatic heterocycles. The maximum atomic E-state index is 14.7. The molecule has 1 fully saturated rings. The van der Waals surface area contributed by atoms with E-state index in [1.54, 1.807) is 12.1 Å². The summed E-state index contributed by atoms with van der Waals surface area (Å²) in [6.07, 6.45) is 3.35. The minimum Gasteiger partial charge on any atom is -0.369 e. The molecule has 2 aromatic rings. The van der Waals surface area contributed by atoms with Crippen LogP contribution >= 0.6 is 11.6 Å². The number of halogens is 2. The molecule has 1 aromatic carbocycles. The molecule has 0 atom stereocenters. The zero-order chi connectivity index (χ0) is 19.6. The summed E-state index contributed by atoms with van der Waals surface area (Å²) in [6.45, 7) is 1.66. The van der Waals surface area contributed by atoms with Crippen molar-refractivity contribution in [3.63, 3.8) is 0 Å². The fourth-order valence-electron chi connectivity index (χ4n) is 3.27. The van der Waals surface area contributed by atoms with E-state index in [0.717, 1.165) is 25.9 Å². The second kappa shape index (κ2) is 8.10. The van der Waals surface area contributed by atoms with Crippen molar-refractivity contribution in [2.24, 2.45) is 5.73 Å². The highest BCUT2D eigenvalue weighted by Gasteiger charge is 2.22. The van der Waals surface area contributed by atoms with E-state index in [1.807, 2.05) is 0 Å². The molecule has 3 rings (SSSR count). The molecule has 1 aliphatic heterocycles. The smallest absolute Gasteiger partial charge is 0.250 e. The Morgan fingerprint density at radius 3 is 2.59 bits per heavy atom. The van der Waals surface area contributed by atoms with Gasteiger partial charge in [-0.05, 0) is 51.2 Å². The molecule has 144 valence electrons. The molecule has 0 aliphatic carbocycles. The van der Waals surface area contributed by atoms with E-state index in [1.165, 1.54) is 18.3 Å². The lowest BCUT2D eigenvalue weighted by Gasteiger charge is -2.36. The molecule has 1 amide bonds. The van der Waals surface area contributed by atoms with E-state index in [-0.39, 0.29) is 16.4 Å². The number of nitrogens with two attached hydrogens (primary N) is 1. The van der Waals surface area contributed by atoms with Gasteiger partial charge < -0.3 is 20.9 Å². The van der Waals surface area contributed by atoms with Crippen LogP contribution < -0.4 is 16.0 Å². The van der Waals surface area contributed by atoms with Crippen molar-refractivity contribution < 1.29 is 9.18 Å². The number of carbonyl (C=O) groups is 1. The van der Waals surface area contributed by atoms with Crippen LogP contribution in [0.4, 0.5) is 21.6 Å². The predicted octanol–water partition coefficient (Wildman–Crippen LogP) is 3.25. The molecule has 1 aliphatic rings. The van der Waals surface area contributed by atoms with Crippen LogP contribution in [0.15, 0.2) is 30.5 Å². The number of nitrogens with zero attached hydrogens (tertiary/aromatic N) is 3. The molecule has 3 N–H and O–H groups in total. The number of nitrogens with one attached hydrogen (secondary N) is 1. The van der Waals surface area contributed by atoms with Gasteiger partial charge in [-0.15, -0.1) is 0 Å². The van der Waals surface area contributed by atoms with Gasteiger partial charge in [0, 0.05) is 31.0 Å². The average molecular weight is 392 g/mol. The van der Waals surface area contributed by atoms with Crippen LogP contribution in [-0.2, 0) is 0 Å². The van der Waals surface area contributed by atoms with Gasteiger partial charge in [-0.25, -0.2) is 9.37 Å². The van der Waals surface area contributed by atoms with Gasteiger partial charge in [0.25, 0.3) is 0 Å². The summed E-state index contributed by atoms with van der Waals surface area (Å²) in [6, 6.07) is 6.95. The summed E-state index contributed by atoms with van der Waals surface area (Å²) >= 11 is 6.12. The standard InChI is InChI=1S/C19H23ClFN5O/c1-25(2)14-5-7-26(8-6-14)17-4-3-13(10-16(17)21)24-19-15(20)9-12(11-23-19)18(22)27/h3-4,9-11,14H,5-8H2,1-2H3,(H2,22,27)(H,23,24). The van der Waals surface area contributed by atoms with Crippen LogP contribution in [-0.4, -0.2) is 49.0 Å². The van der Waals surface area contributed by atoms with Crippen molar-refractivity contribution in [1.82, 2.24) is 9.88 Å². The summed E-state index contributed by atoms with van der Waals surface area (Å²) in [4.78, 5) is 19.5. The molecule has 6 nitrogen and oxygen atoms in total. The molecule has 0 bridgehead atoms. The van der Waals surface area contributed by atoms with E-state index in [0.29, 0.717) is 23.2 Å². The summed E-state index contributed by atoms with van der Waals surface area (Å²) in [7, 11) is 4.16. The Morgan fingerprint density at radius 1 is 1.33 bits per heavy atom. The largest absolute Gasteiger partial charge is 0.369 e. The molecule has 0 radical (unpaired) electrons. The number of anilines is 3. The number of rotatable bonds is 5. The van der Waals surface area contributed by atoms with Crippen LogP contribution in [0, 0.1) is 5.82 Å². The molecule has 27 heavy (non-hydrogen) atoms. The zero-order valence-electron chi connectivity index (χ0n) is 15.4. The summed E-state index contributed by atoms with van der Waals surface area (Å²) in [5, 5.41) is 3.21. The molecular weight excluding hydrogens is 369 g/mol. The lowest BCUT2D eigenvalue weighted by atomic mass is 10.0. The second-order valence-corrected chi connectivity index (χ2v) is 7.30. The van der Waals surface area contributed by atoms with Gasteiger partial charge in [-0.1, -0.05) is 11.6 Å². The zero-order valence-corrected chi connectivity index (χ0v) is 16.1. The Hall–Kier alpha value is -2.38. The van der Waals surface area contributed by atoms with Gasteiger partial charge in [-0.2, -0.15) is 0 Å². The maximum absolute atomic E-state index is 14.7. The van der Waals surface area contributed by atoms with E-state index in [4.69, 9.17) is 17.3 Å². The van der Waals surface area contributed by atoms with Crippen LogP contribution in [0.1, 0.15) is 23.2 Å². The highest BCUT2D eigenvalue weighted by molar-refractivity contribution is 6.33. The molecule has 0 saturated carbocycles. The Morgan fingerprint density at radius 2 is 2.04 bits per heavy atom. The summed E-state index contributed by atoms with van der Waals surface area (Å²) in [5.74, 6) is -0.571. The van der Waals surface area contributed by atoms with Gasteiger partial charge in [0.15, 0.2) is 0 Å². The number of hydrogen-bond donors (Lipinski definition) is 2.